The van der Waals surface area contributed by atoms with E-state index in [1.165, 1.54) is 18.5 Å². The predicted octanol–water partition coefficient (Wildman–Crippen LogP) is 3.02. The molecule has 7 heteroatoms. The Morgan fingerprint density at radius 2 is 2.05 bits per heavy atom. The highest BCUT2D eigenvalue weighted by Crippen LogP contribution is 2.14. The molecule has 0 aliphatic carbocycles. The van der Waals surface area contributed by atoms with Gasteiger partial charge in [0.1, 0.15) is 4.90 Å². The van der Waals surface area contributed by atoms with E-state index < -0.39 is 10.0 Å². The average Bonchev–Trinajstić information content (AvgIpc) is 2.38. The lowest BCUT2D eigenvalue weighted by atomic mass is 10.2. The van der Waals surface area contributed by atoms with Crippen molar-refractivity contribution in [3.63, 3.8) is 0 Å². The second-order valence-corrected chi connectivity index (χ2v) is 7.24. The molecule has 1 aromatic carbocycles. The van der Waals surface area contributed by atoms with Crippen molar-refractivity contribution < 1.29 is 8.42 Å². The number of nitrogens with one attached hydrogen (secondary N) is 1. The summed E-state index contributed by atoms with van der Waals surface area (Å²) in [6, 6.07) is 8.85. The van der Waals surface area contributed by atoms with Crippen LogP contribution in [0.2, 0.25) is 5.02 Å². The molecule has 2 rings (SSSR count). The van der Waals surface area contributed by atoms with Gasteiger partial charge in [0, 0.05) is 28.4 Å². The highest BCUT2D eigenvalue weighted by molar-refractivity contribution is 9.10. The molecule has 2 aromatic rings. The van der Waals surface area contributed by atoms with Crippen LogP contribution in [0.1, 0.15) is 5.56 Å². The van der Waals surface area contributed by atoms with E-state index in [1.54, 1.807) is 6.07 Å². The van der Waals surface area contributed by atoms with Crippen molar-refractivity contribution in [2.24, 2.45) is 0 Å². The van der Waals surface area contributed by atoms with Crippen LogP contribution in [0, 0.1) is 0 Å². The lowest BCUT2D eigenvalue weighted by molar-refractivity contribution is 0.581. The van der Waals surface area contributed by atoms with Gasteiger partial charge in [-0.15, -0.1) is 0 Å². The summed E-state index contributed by atoms with van der Waals surface area (Å²) in [5.41, 5.74) is 0.979. The third-order valence-electron chi connectivity index (χ3n) is 2.58. The quantitative estimate of drug-likeness (QED) is 0.874. The van der Waals surface area contributed by atoms with Crippen molar-refractivity contribution >= 4 is 37.6 Å². The van der Waals surface area contributed by atoms with Crippen molar-refractivity contribution in [3.8, 4) is 0 Å². The monoisotopic (exact) mass is 374 g/mol. The van der Waals surface area contributed by atoms with Gasteiger partial charge in [-0.05, 0) is 46.1 Å². The number of pyridine rings is 1. The summed E-state index contributed by atoms with van der Waals surface area (Å²) in [5.74, 6) is 0. The van der Waals surface area contributed by atoms with Crippen LogP contribution in [0.15, 0.2) is 52.1 Å². The standard InChI is InChI=1S/C13H12BrClN2O2S/c14-11-7-13(9-16-8-11)20(18,19)17-5-4-10-2-1-3-12(15)6-10/h1-3,6-9,17H,4-5H2. The number of hydrogen-bond acceptors (Lipinski definition) is 3. The minimum absolute atomic E-state index is 0.137. The maximum absolute atomic E-state index is 12.0. The molecule has 0 bridgehead atoms. The lowest BCUT2D eigenvalue weighted by Crippen LogP contribution is -2.26. The van der Waals surface area contributed by atoms with E-state index in [1.807, 2.05) is 18.2 Å². The Morgan fingerprint density at radius 3 is 2.75 bits per heavy atom. The SMILES string of the molecule is O=S(=O)(NCCc1cccc(Cl)c1)c1cncc(Br)c1. The van der Waals surface area contributed by atoms with E-state index in [-0.39, 0.29) is 4.90 Å². The van der Waals surface area contributed by atoms with Crippen molar-refractivity contribution in [2.45, 2.75) is 11.3 Å². The minimum atomic E-state index is -3.54. The number of halogens is 2. The van der Waals surface area contributed by atoms with Crippen LogP contribution in [0.5, 0.6) is 0 Å². The first kappa shape index (κ1) is 15.4. The van der Waals surface area contributed by atoms with Crippen LogP contribution in [-0.4, -0.2) is 19.9 Å². The van der Waals surface area contributed by atoms with E-state index in [2.05, 4.69) is 25.6 Å². The fourth-order valence-electron chi connectivity index (χ4n) is 1.64. The smallest absolute Gasteiger partial charge is 0.242 e. The highest BCUT2D eigenvalue weighted by Gasteiger charge is 2.14. The molecule has 106 valence electrons. The number of rotatable bonds is 5. The van der Waals surface area contributed by atoms with Gasteiger partial charge in [-0.1, -0.05) is 23.7 Å². The van der Waals surface area contributed by atoms with Gasteiger partial charge in [-0.25, -0.2) is 13.1 Å². The third kappa shape index (κ3) is 4.28. The molecule has 4 nitrogen and oxygen atoms in total. The van der Waals surface area contributed by atoms with E-state index in [0.717, 1.165) is 5.56 Å². The lowest BCUT2D eigenvalue weighted by Gasteiger charge is -2.07. The Balaban J connectivity index is 2.00. The Hall–Kier alpha value is -0.950. The second-order valence-electron chi connectivity index (χ2n) is 4.12. The van der Waals surface area contributed by atoms with E-state index >= 15 is 0 Å². The maximum atomic E-state index is 12.0. The molecule has 1 N–H and O–H groups in total. The van der Waals surface area contributed by atoms with Gasteiger partial charge >= 0.3 is 0 Å². The summed E-state index contributed by atoms with van der Waals surface area (Å²) in [6.45, 7) is 0.301. The van der Waals surface area contributed by atoms with E-state index in [9.17, 15) is 8.42 Å². The van der Waals surface area contributed by atoms with Gasteiger partial charge in [0.2, 0.25) is 10.0 Å². The van der Waals surface area contributed by atoms with Crippen molar-refractivity contribution in [1.29, 1.82) is 0 Å². The first-order valence-corrected chi connectivity index (χ1v) is 8.47. The molecule has 0 radical (unpaired) electrons. The largest absolute Gasteiger partial charge is 0.262 e. The van der Waals surface area contributed by atoms with Crippen molar-refractivity contribution in [2.75, 3.05) is 6.54 Å². The van der Waals surface area contributed by atoms with Crippen molar-refractivity contribution in [1.82, 2.24) is 9.71 Å². The fraction of sp³-hybridized carbons (Fsp3) is 0.154. The number of hydrogen-bond donors (Lipinski definition) is 1. The first-order chi connectivity index (χ1) is 9.47. The molecule has 0 aliphatic heterocycles. The molecule has 0 aliphatic rings. The zero-order valence-corrected chi connectivity index (χ0v) is 13.5. The molecule has 0 saturated heterocycles. The molecular weight excluding hydrogens is 364 g/mol. The van der Waals surface area contributed by atoms with Gasteiger partial charge in [0.15, 0.2) is 0 Å². The van der Waals surface area contributed by atoms with Crippen LogP contribution in [0.25, 0.3) is 0 Å². The van der Waals surface area contributed by atoms with Crippen LogP contribution in [0.4, 0.5) is 0 Å². The van der Waals surface area contributed by atoms with E-state index in [4.69, 9.17) is 11.6 Å². The van der Waals surface area contributed by atoms with E-state index in [0.29, 0.717) is 22.5 Å². The Morgan fingerprint density at radius 1 is 1.25 bits per heavy atom. The summed E-state index contributed by atoms with van der Waals surface area (Å²) in [6.07, 6.45) is 3.42. The molecule has 0 fully saturated rings. The van der Waals surface area contributed by atoms with Crippen LogP contribution < -0.4 is 4.72 Å². The molecule has 1 aromatic heterocycles. The topological polar surface area (TPSA) is 59.1 Å². The zero-order chi connectivity index (χ0) is 14.6. The number of benzene rings is 1. The molecular formula is C13H12BrClN2O2S. The normalized spacial score (nSPS) is 11.5. The van der Waals surface area contributed by atoms with Gasteiger partial charge in [-0.2, -0.15) is 0 Å². The third-order valence-corrected chi connectivity index (χ3v) is 4.68. The minimum Gasteiger partial charge on any atom is -0.262 e. The van der Waals surface area contributed by atoms with Gasteiger partial charge in [-0.3, -0.25) is 4.98 Å². The molecule has 0 spiro atoms. The van der Waals surface area contributed by atoms with Crippen LogP contribution in [0.3, 0.4) is 0 Å². The Bertz CT molecular complexity index is 707. The fourth-order valence-corrected chi connectivity index (χ4v) is 3.39. The summed E-state index contributed by atoms with van der Waals surface area (Å²) in [7, 11) is -3.54. The molecule has 0 unspecified atom stereocenters. The molecule has 0 atom stereocenters. The van der Waals surface area contributed by atoms with Crippen molar-refractivity contribution in [3.05, 3.63) is 57.8 Å². The average molecular weight is 376 g/mol. The zero-order valence-electron chi connectivity index (χ0n) is 10.4. The van der Waals surface area contributed by atoms with Crippen LogP contribution in [-0.2, 0) is 16.4 Å². The number of nitrogens with zero attached hydrogens (tertiary/aromatic N) is 1. The highest BCUT2D eigenvalue weighted by atomic mass is 79.9. The first-order valence-electron chi connectivity index (χ1n) is 5.82. The summed E-state index contributed by atoms with van der Waals surface area (Å²) in [5, 5.41) is 0.640. The van der Waals surface area contributed by atoms with Gasteiger partial charge in [0.05, 0.1) is 0 Å². The molecule has 1 heterocycles. The second kappa shape index (κ2) is 6.67. The number of sulfonamides is 1. The van der Waals surface area contributed by atoms with Gasteiger partial charge < -0.3 is 0 Å². The Kier molecular flexibility index (Phi) is 5.15. The molecule has 20 heavy (non-hydrogen) atoms. The maximum Gasteiger partial charge on any atom is 0.242 e. The number of aromatic nitrogens is 1. The molecule has 0 amide bonds. The van der Waals surface area contributed by atoms with Crippen LogP contribution >= 0.6 is 27.5 Å². The summed E-state index contributed by atoms with van der Waals surface area (Å²) >= 11 is 9.07. The summed E-state index contributed by atoms with van der Waals surface area (Å²) in [4.78, 5) is 3.98. The Labute approximate surface area is 131 Å². The summed E-state index contributed by atoms with van der Waals surface area (Å²) < 4.78 is 27.2. The van der Waals surface area contributed by atoms with Gasteiger partial charge in [0.25, 0.3) is 0 Å². The molecule has 0 saturated carbocycles. The predicted molar refractivity (Wildman–Crippen MR) is 82.3 cm³/mol.